The number of rotatable bonds is 4. The number of benzene rings is 1. The molecule has 0 bridgehead atoms. The molecule has 1 aromatic carbocycles. The lowest BCUT2D eigenvalue weighted by Gasteiger charge is -2.14. The van der Waals surface area contributed by atoms with Crippen LogP contribution >= 0.6 is 0 Å². The highest BCUT2D eigenvalue weighted by atomic mass is 16.5. The smallest absolute Gasteiger partial charge is 0.162 e. The highest BCUT2D eigenvalue weighted by molar-refractivity contribution is 5.51. The summed E-state index contributed by atoms with van der Waals surface area (Å²) in [5, 5.41) is 0. The van der Waals surface area contributed by atoms with Crippen molar-refractivity contribution in [3.8, 4) is 11.5 Å². The molecule has 1 atom stereocenters. The van der Waals surface area contributed by atoms with Crippen molar-refractivity contribution in [1.82, 2.24) is 0 Å². The van der Waals surface area contributed by atoms with Crippen molar-refractivity contribution in [2.75, 3.05) is 26.1 Å². The fourth-order valence-electron chi connectivity index (χ4n) is 1.76. The van der Waals surface area contributed by atoms with Crippen molar-refractivity contribution in [2.24, 2.45) is 0 Å². The van der Waals surface area contributed by atoms with E-state index in [-0.39, 0.29) is 6.10 Å². The Hall–Kier alpha value is -1.42. The summed E-state index contributed by atoms with van der Waals surface area (Å²) in [5.41, 5.74) is 6.33. The normalized spacial score (nSPS) is 19.7. The molecular formula is C12H17NO3. The Kier molecular flexibility index (Phi) is 3.51. The van der Waals surface area contributed by atoms with E-state index in [1.165, 1.54) is 0 Å². The molecule has 1 aliphatic heterocycles. The van der Waals surface area contributed by atoms with Crippen molar-refractivity contribution in [1.29, 1.82) is 0 Å². The van der Waals surface area contributed by atoms with E-state index in [1.807, 2.05) is 6.07 Å². The maximum absolute atomic E-state index is 5.66. The van der Waals surface area contributed by atoms with Gasteiger partial charge < -0.3 is 19.9 Å². The van der Waals surface area contributed by atoms with Crippen molar-refractivity contribution in [3.63, 3.8) is 0 Å². The quantitative estimate of drug-likeness (QED) is 0.791. The Balaban J connectivity index is 1.97. The van der Waals surface area contributed by atoms with E-state index in [2.05, 4.69) is 0 Å². The van der Waals surface area contributed by atoms with E-state index < -0.39 is 0 Å². The summed E-state index contributed by atoms with van der Waals surface area (Å²) in [7, 11) is 1.60. The number of anilines is 1. The predicted octanol–water partition coefficient (Wildman–Crippen LogP) is 1.84. The molecule has 0 saturated carbocycles. The lowest BCUT2D eigenvalue weighted by Crippen LogP contribution is -2.16. The average molecular weight is 223 g/mol. The Morgan fingerprint density at radius 1 is 1.44 bits per heavy atom. The predicted molar refractivity (Wildman–Crippen MR) is 61.9 cm³/mol. The first kappa shape index (κ1) is 11.1. The van der Waals surface area contributed by atoms with Crippen LogP contribution < -0.4 is 15.2 Å². The van der Waals surface area contributed by atoms with Gasteiger partial charge in [0.2, 0.25) is 0 Å². The van der Waals surface area contributed by atoms with Gasteiger partial charge in [-0.2, -0.15) is 0 Å². The van der Waals surface area contributed by atoms with Gasteiger partial charge in [0, 0.05) is 18.4 Å². The van der Waals surface area contributed by atoms with Crippen molar-refractivity contribution in [2.45, 2.75) is 18.9 Å². The molecule has 1 saturated heterocycles. The molecule has 0 aliphatic carbocycles. The van der Waals surface area contributed by atoms with Gasteiger partial charge in [-0.05, 0) is 25.0 Å². The van der Waals surface area contributed by atoms with Crippen LogP contribution in [0.2, 0.25) is 0 Å². The third-order valence-electron chi connectivity index (χ3n) is 2.64. The number of hydrogen-bond acceptors (Lipinski definition) is 4. The first-order valence-corrected chi connectivity index (χ1v) is 5.47. The third kappa shape index (κ3) is 2.58. The molecule has 1 aliphatic rings. The van der Waals surface area contributed by atoms with Crippen molar-refractivity contribution < 1.29 is 14.2 Å². The summed E-state index contributed by atoms with van der Waals surface area (Å²) in [6.45, 7) is 1.41. The molecule has 0 aromatic heterocycles. The molecule has 1 aromatic rings. The largest absolute Gasteiger partial charge is 0.493 e. The lowest BCUT2D eigenvalue weighted by molar-refractivity contribution is 0.0670. The maximum Gasteiger partial charge on any atom is 0.162 e. The van der Waals surface area contributed by atoms with E-state index in [0.29, 0.717) is 23.8 Å². The number of nitrogens with two attached hydrogens (primary N) is 1. The van der Waals surface area contributed by atoms with Crippen molar-refractivity contribution in [3.05, 3.63) is 18.2 Å². The monoisotopic (exact) mass is 223 g/mol. The molecule has 0 spiro atoms. The minimum absolute atomic E-state index is 0.210. The van der Waals surface area contributed by atoms with Crippen LogP contribution in [0.4, 0.5) is 5.69 Å². The highest BCUT2D eigenvalue weighted by Crippen LogP contribution is 2.29. The summed E-state index contributed by atoms with van der Waals surface area (Å²) in [4.78, 5) is 0. The van der Waals surface area contributed by atoms with Gasteiger partial charge in [-0.1, -0.05) is 0 Å². The van der Waals surface area contributed by atoms with Gasteiger partial charge in [0.1, 0.15) is 6.61 Å². The number of ether oxygens (including phenoxy) is 3. The zero-order chi connectivity index (χ0) is 11.4. The molecule has 2 N–H and O–H groups in total. The second-order valence-electron chi connectivity index (χ2n) is 3.86. The Morgan fingerprint density at radius 2 is 2.31 bits per heavy atom. The first-order valence-electron chi connectivity index (χ1n) is 5.47. The molecule has 0 radical (unpaired) electrons. The molecule has 16 heavy (non-hydrogen) atoms. The summed E-state index contributed by atoms with van der Waals surface area (Å²) < 4.78 is 16.3. The lowest BCUT2D eigenvalue weighted by atomic mass is 10.2. The van der Waals surface area contributed by atoms with Crippen LogP contribution in [0.5, 0.6) is 11.5 Å². The second-order valence-corrected chi connectivity index (χ2v) is 3.86. The van der Waals surface area contributed by atoms with Crippen LogP contribution in [0.25, 0.3) is 0 Å². The molecule has 4 heteroatoms. The Labute approximate surface area is 95.3 Å². The van der Waals surface area contributed by atoms with Crippen LogP contribution in [-0.4, -0.2) is 26.4 Å². The van der Waals surface area contributed by atoms with Gasteiger partial charge in [-0.25, -0.2) is 0 Å². The van der Waals surface area contributed by atoms with Crippen LogP contribution in [0.1, 0.15) is 12.8 Å². The van der Waals surface area contributed by atoms with Gasteiger partial charge in [-0.15, -0.1) is 0 Å². The summed E-state index contributed by atoms with van der Waals surface area (Å²) in [6.07, 6.45) is 2.40. The van der Waals surface area contributed by atoms with E-state index in [1.54, 1.807) is 19.2 Å². The molecule has 0 amide bonds. The van der Waals surface area contributed by atoms with Crippen LogP contribution in [0, 0.1) is 0 Å². The molecule has 2 rings (SSSR count). The van der Waals surface area contributed by atoms with Crippen LogP contribution in [0.3, 0.4) is 0 Å². The SMILES string of the molecule is COc1cc(N)ccc1OCC1CCCO1. The van der Waals surface area contributed by atoms with E-state index >= 15 is 0 Å². The van der Waals surface area contributed by atoms with E-state index in [9.17, 15) is 0 Å². The summed E-state index contributed by atoms with van der Waals surface area (Å²) >= 11 is 0. The minimum atomic E-state index is 0.210. The van der Waals surface area contributed by atoms with Crippen LogP contribution in [0.15, 0.2) is 18.2 Å². The minimum Gasteiger partial charge on any atom is -0.493 e. The van der Waals surface area contributed by atoms with Gasteiger partial charge >= 0.3 is 0 Å². The standard InChI is InChI=1S/C12H17NO3/c1-14-12-7-9(13)4-5-11(12)16-8-10-3-2-6-15-10/h4-5,7,10H,2-3,6,8,13H2,1H3. The average Bonchev–Trinajstić information content (AvgIpc) is 2.80. The number of nitrogen functional groups attached to an aromatic ring is 1. The van der Waals surface area contributed by atoms with Gasteiger partial charge in [0.05, 0.1) is 13.2 Å². The molecule has 4 nitrogen and oxygen atoms in total. The van der Waals surface area contributed by atoms with Gasteiger partial charge in [0.25, 0.3) is 0 Å². The molecule has 88 valence electrons. The zero-order valence-corrected chi connectivity index (χ0v) is 9.44. The molecule has 1 fully saturated rings. The van der Waals surface area contributed by atoms with Crippen molar-refractivity contribution >= 4 is 5.69 Å². The fourth-order valence-corrected chi connectivity index (χ4v) is 1.76. The molecular weight excluding hydrogens is 206 g/mol. The molecule has 1 heterocycles. The Bertz CT molecular complexity index is 348. The number of hydrogen-bond donors (Lipinski definition) is 1. The van der Waals surface area contributed by atoms with E-state index in [0.717, 1.165) is 19.4 Å². The topological polar surface area (TPSA) is 53.7 Å². The zero-order valence-electron chi connectivity index (χ0n) is 9.44. The van der Waals surface area contributed by atoms with Crippen LogP contribution in [-0.2, 0) is 4.74 Å². The molecule has 1 unspecified atom stereocenters. The van der Waals surface area contributed by atoms with E-state index in [4.69, 9.17) is 19.9 Å². The van der Waals surface area contributed by atoms with Gasteiger partial charge in [-0.3, -0.25) is 0 Å². The Morgan fingerprint density at radius 3 is 3.00 bits per heavy atom. The third-order valence-corrected chi connectivity index (χ3v) is 2.64. The second kappa shape index (κ2) is 5.07. The first-order chi connectivity index (χ1) is 7.79. The number of methoxy groups -OCH3 is 1. The highest BCUT2D eigenvalue weighted by Gasteiger charge is 2.16. The fraction of sp³-hybridized carbons (Fsp3) is 0.500. The summed E-state index contributed by atoms with van der Waals surface area (Å²) in [5.74, 6) is 1.38. The maximum atomic E-state index is 5.66. The van der Waals surface area contributed by atoms with Gasteiger partial charge in [0.15, 0.2) is 11.5 Å². The summed E-state index contributed by atoms with van der Waals surface area (Å²) in [6, 6.07) is 5.38.